The molecule has 9 heteroatoms. The quantitative estimate of drug-likeness (QED) is 0.490. The number of nitrogens with zero attached hydrogens (tertiary/aromatic N) is 4. The molecule has 0 saturated carbocycles. The highest BCUT2D eigenvalue weighted by Gasteiger charge is 2.31. The first-order valence-electron chi connectivity index (χ1n) is 9.84. The predicted octanol–water partition coefficient (Wildman–Crippen LogP) is 2.43. The monoisotopic (exact) mass is 438 g/mol. The molecule has 4 aromatic rings. The molecule has 0 saturated heterocycles. The number of fused-ring (bicyclic) bond motifs is 2. The summed E-state index contributed by atoms with van der Waals surface area (Å²) in [5, 5.41) is 4.25. The normalized spacial score (nSPS) is 14.6. The van der Waals surface area contributed by atoms with E-state index in [-0.39, 0.29) is 23.6 Å². The minimum absolute atomic E-state index is 0.0303. The molecule has 158 valence electrons. The summed E-state index contributed by atoms with van der Waals surface area (Å²) in [5.41, 5.74) is 1.90. The van der Waals surface area contributed by atoms with Crippen molar-refractivity contribution in [3.05, 3.63) is 99.9 Å². The van der Waals surface area contributed by atoms with Gasteiger partial charge in [0.05, 0.1) is 6.54 Å². The number of hydrogen-bond donors (Lipinski definition) is 0. The Morgan fingerprint density at radius 1 is 0.968 bits per heavy atom. The molecule has 0 unspecified atom stereocenters. The van der Waals surface area contributed by atoms with E-state index in [1.54, 1.807) is 18.2 Å². The first-order chi connectivity index (χ1) is 14.9. The van der Waals surface area contributed by atoms with Crippen LogP contribution < -0.4 is 5.69 Å². The lowest BCUT2D eigenvalue weighted by molar-refractivity contribution is 0.391. The zero-order valence-electron chi connectivity index (χ0n) is 16.5. The van der Waals surface area contributed by atoms with Gasteiger partial charge in [-0.25, -0.2) is 26.7 Å². The van der Waals surface area contributed by atoms with E-state index in [0.717, 1.165) is 15.8 Å². The maximum absolute atomic E-state index is 14.0. The second kappa shape index (κ2) is 7.44. The number of pyridine rings is 1. The van der Waals surface area contributed by atoms with Crippen LogP contribution in [0.25, 0.3) is 5.65 Å². The van der Waals surface area contributed by atoms with Gasteiger partial charge in [-0.3, -0.25) is 0 Å². The van der Waals surface area contributed by atoms with Gasteiger partial charge in [-0.1, -0.05) is 42.5 Å². The van der Waals surface area contributed by atoms with Crippen molar-refractivity contribution in [1.29, 1.82) is 0 Å². The summed E-state index contributed by atoms with van der Waals surface area (Å²) in [6.07, 6.45) is 2.08. The van der Waals surface area contributed by atoms with Gasteiger partial charge in [0.1, 0.15) is 10.7 Å². The van der Waals surface area contributed by atoms with Gasteiger partial charge >= 0.3 is 5.69 Å². The van der Waals surface area contributed by atoms with Crippen LogP contribution in [0, 0.1) is 5.82 Å². The van der Waals surface area contributed by atoms with Gasteiger partial charge in [-0.05, 0) is 35.7 Å². The molecule has 31 heavy (non-hydrogen) atoms. The Morgan fingerprint density at radius 2 is 1.71 bits per heavy atom. The largest absolute Gasteiger partial charge is 0.350 e. The van der Waals surface area contributed by atoms with E-state index < -0.39 is 21.5 Å². The lowest BCUT2D eigenvalue weighted by Crippen LogP contribution is -2.36. The van der Waals surface area contributed by atoms with Gasteiger partial charge < -0.3 is 0 Å². The van der Waals surface area contributed by atoms with Crippen molar-refractivity contribution >= 4 is 15.7 Å². The van der Waals surface area contributed by atoms with Crippen LogP contribution in [0.15, 0.2) is 76.6 Å². The molecule has 0 radical (unpaired) electrons. The number of rotatable bonds is 4. The van der Waals surface area contributed by atoms with Crippen LogP contribution in [-0.4, -0.2) is 33.4 Å². The second-order valence-electron chi connectivity index (χ2n) is 7.45. The second-order valence-corrected chi connectivity index (χ2v) is 9.36. The number of aromatic nitrogens is 3. The Kier molecular flexibility index (Phi) is 4.71. The fourth-order valence-electron chi connectivity index (χ4n) is 3.92. The van der Waals surface area contributed by atoms with Crippen molar-refractivity contribution in [2.75, 3.05) is 6.54 Å². The highest BCUT2D eigenvalue weighted by Crippen LogP contribution is 2.26. The Bertz CT molecular complexity index is 1460. The van der Waals surface area contributed by atoms with E-state index in [1.807, 2.05) is 24.3 Å². The van der Waals surface area contributed by atoms with Gasteiger partial charge in [0.15, 0.2) is 5.65 Å². The van der Waals surface area contributed by atoms with Gasteiger partial charge in [0.2, 0.25) is 10.0 Å². The lowest BCUT2D eigenvalue weighted by Gasteiger charge is -2.28. The first kappa shape index (κ1) is 19.7. The molecule has 0 N–H and O–H groups in total. The maximum Gasteiger partial charge on any atom is 0.350 e. The number of sulfonamides is 1. The molecule has 1 aliphatic heterocycles. The van der Waals surface area contributed by atoms with Crippen LogP contribution in [-0.2, 0) is 29.5 Å². The van der Waals surface area contributed by atoms with Crippen LogP contribution in [0.5, 0.6) is 0 Å². The summed E-state index contributed by atoms with van der Waals surface area (Å²) in [6.45, 7) is 0.518. The minimum atomic E-state index is -3.89. The van der Waals surface area contributed by atoms with Gasteiger partial charge in [-0.15, -0.1) is 5.10 Å². The Hall–Kier alpha value is -3.30. The number of halogens is 1. The SMILES string of the molecule is O=c1n(Cc2ccccc2F)nc2c(S(=O)(=O)N3CCc4ccccc4C3)cccn12. The molecule has 5 rings (SSSR count). The van der Waals surface area contributed by atoms with Crippen LogP contribution in [0.2, 0.25) is 0 Å². The summed E-state index contributed by atoms with van der Waals surface area (Å²) in [7, 11) is -3.89. The smallest absolute Gasteiger partial charge is 0.249 e. The molecular weight excluding hydrogens is 419 g/mol. The summed E-state index contributed by atoms with van der Waals surface area (Å²) in [4.78, 5) is 12.8. The molecule has 0 amide bonds. The lowest BCUT2D eigenvalue weighted by atomic mass is 10.0. The van der Waals surface area contributed by atoms with Crippen molar-refractivity contribution in [3.63, 3.8) is 0 Å². The molecule has 7 nitrogen and oxygen atoms in total. The highest BCUT2D eigenvalue weighted by atomic mass is 32.2. The summed E-state index contributed by atoms with van der Waals surface area (Å²) >= 11 is 0. The standard InChI is InChI=1S/C22H19FN4O3S/c23-19-9-4-3-8-18(19)15-27-22(28)26-12-5-10-20(21(26)24-27)31(29,30)25-13-11-16-6-1-2-7-17(16)14-25/h1-10,12H,11,13-15H2. The van der Waals surface area contributed by atoms with Crippen molar-refractivity contribution in [1.82, 2.24) is 18.5 Å². The number of benzene rings is 2. The fraction of sp³-hybridized carbons (Fsp3) is 0.182. The third-order valence-electron chi connectivity index (χ3n) is 5.57. The Labute approximate surface area is 178 Å². The average molecular weight is 438 g/mol. The molecule has 2 aromatic carbocycles. The molecule has 1 aliphatic rings. The topological polar surface area (TPSA) is 76.7 Å². The van der Waals surface area contributed by atoms with Crippen molar-refractivity contribution in [2.45, 2.75) is 24.4 Å². The molecular formula is C22H19FN4O3S. The van der Waals surface area contributed by atoms with E-state index in [1.165, 1.54) is 33.1 Å². The first-order valence-corrected chi connectivity index (χ1v) is 11.3. The van der Waals surface area contributed by atoms with Crippen LogP contribution in [0.3, 0.4) is 0 Å². The molecule has 0 fully saturated rings. The van der Waals surface area contributed by atoms with E-state index in [9.17, 15) is 17.6 Å². The third kappa shape index (κ3) is 3.35. The molecule has 0 spiro atoms. The minimum Gasteiger partial charge on any atom is -0.249 e. The number of hydrogen-bond acceptors (Lipinski definition) is 4. The Morgan fingerprint density at radius 3 is 2.52 bits per heavy atom. The van der Waals surface area contributed by atoms with Crippen LogP contribution in [0.1, 0.15) is 16.7 Å². The zero-order valence-corrected chi connectivity index (χ0v) is 17.3. The molecule has 0 atom stereocenters. The van der Waals surface area contributed by atoms with Gasteiger partial charge in [-0.2, -0.15) is 4.31 Å². The summed E-state index contributed by atoms with van der Waals surface area (Å²) in [6, 6.07) is 16.8. The summed E-state index contributed by atoms with van der Waals surface area (Å²) in [5.74, 6) is -0.453. The van der Waals surface area contributed by atoms with Gasteiger partial charge in [0.25, 0.3) is 0 Å². The molecule has 2 aromatic heterocycles. The van der Waals surface area contributed by atoms with Crippen molar-refractivity contribution < 1.29 is 12.8 Å². The van der Waals surface area contributed by atoms with E-state index in [0.29, 0.717) is 18.5 Å². The summed E-state index contributed by atoms with van der Waals surface area (Å²) < 4.78 is 44.6. The van der Waals surface area contributed by atoms with E-state index >= 15 is 0 Å². The highest BCUT2D eigenvalue weighted by molar-refractivity contribution is 7.89. The fourth-order valence-corrected chi connectivity index (χ4v) is 5.46. The van der Waals surface area contributed by atoms with E-state index in [4.69, 9.17) is 0 Å². The van der Waals surface area contributed by atoms with Gasteiger partial charge in [0, 0.05) is 24.8 Å². The average Bonchev–Trinajstić information content (AvgIpc) is 3.10. The van der Waals surface area contributed by atoms with Crippen LogP contribution in [0.4, 0.5) is 4.39 Å². The molecule has 0 bridgehead atoms. The van der Waals surface area contributed by atoms with Crippen LogP contribution >= 0.6 is 0 Å². The Balaban J connectivity index is 1.56. The molecule has 3 heterocycles. The van der Waals surface area contributed by atoms with Crippen molar-refractivity contribution in [2.24, 2.45) is 0 Å². The van der Waals surface area contributed by atoms with E-state index in [2.05, 4.69) is 5.10 Å². The van der Waals surface area contributed by atoms with Crippen molar-refractivity contribution in [3.8, 4) is 0 Å². The predicted molar refractivity (Wildman–Crippen MR) is 113 cm³/mol. The molecule has 0 aliphatic carbocycles. The zero-order chi connectivity index (χ0) is 21.6. The maximum atomic E-state index is 14.0. The third-order valence-corrected chi connectivity index (χ3v) is 7.43.